The smallest absolute Gasteiger partial charge is 0.255 e. The average molecular weight is 331 g/mol. The van der Waals surface area contributed by atoms with Crippen molar-refractivity contribution in [3.05, 3.63) is 64.4 Å². The van der Waals surface area contributed by atoms with Crippen molar-refractivity contribution < 1.29 is 9.53 Å². The van der Waals surface area contributed by atoms with Gasteiger partial charge in [-0.2, -0.15) is 0 Å². The van der Waals surface area contributed by atoms with Crippen molar-refractivity contribution in [1.29, 1.82) is 0 Å². The predicted molar refractivity (Wildman–Crippen MR) is 89.6 cm³/mol. The Morgan fingerprint density at radius 2 is 2.13 bits per heavy atom. The maximum Gasteiger partial charge on any atom is 0.255 e. The largest absolute Gasteiger partial charge is 0.370 e. The molecule has 1 saturated heterocycles. The second-order valence-electron chi connectivity index (χ2n) is 5.84. The van der Waals surface area contributed by atoms with Crippen LogP contribution in [0.1, 0.15) is 34.5 Å². The van der Waals surface area contributed by atoms with E-state index < -0.39 is 0 Å². The number of ether oxygens (including phenoxy) is 1. The zero-order valence-electron chi connectivity index (χ0n) is 13.2. The van der Waals surface area contributed by atoms with Crippen molar-refractivity contribution in [2.75, 3.05) is 13.2 Å². The van der Waals surface area contributed by atoms with Crippen molar-refractivity contribution >= 4 is 17.5 Å². The highest BCUT2D eigenvalue weighted by Gasteiger charge is 2.32. The molecule has 1 aliphatic heterocycles. The number of carbonyl (C=O) groups is 1. The van der Waals surface area contributed by atoms with E-state index in [1.54, 1.807) is 12.3 Å². The van der Waals surface area contributed by atoms with Gasteiger partial charge >= 0.3 is 0 Å². The minimum Gasteiger partial charge on any atom is -0.370 e. The molecule has 5 heteroatoms. The molecule has 3 rings (SSSR count). The first kappa shape index (κ1) is 16.0. The number of rotatable bonds is 2. The lowest BCUT2D eigenvalue weighted by Gasteiger charge is -2.38. The number of carbonyl (C=O) groups excluding carboxylic acids is 1. The molecule has 4 nitrogen and oxygen atoms in total. The van der Waals surface area contributed by atoms with Crippen LogP contribution in [0.3, 0.4) is 0 Å². The normalized spacial score (nSPS) is 21.3. The molecule has 1 aromatic heterocycles. The maximum absolute atomic E-state index is 12.9. The summed E-state index contributed by atoms with van der Waals surface area (Å²) in [6.45, 7) is 5.07. The van der Waals surface area contributed by atoms with Crippen molar-refractivity contribution in [3.8, 4) is 0 Å². The van der Waals surface area contributed by atoms with E-state index in [2.05, 4.69) is 24.0 Å². The number of pyridine rings is 1. The number of morpholine rings is 1. The molecule has 2 aromatic rings. The summed E-state index contributed by atoms with van der Waals surface area (Å²) in [5.41, 5.74) is 2.78. The van der Waals surface area contributed by atoms with Gasteiger partial charge in [0.25, 0.3) is 5.91 Å². The van der Waals surface area contributed by atoms with E-state index in [1.807, 2.05) is 24.0 Å². The molecule has 0 spiro atoms. The third kappa shape index (κ3) is 3.23. The summed E-state index contributed by atoms with van der Waals surface area (Å²) < 4.78 is 5.96. The van der Waals surface area contributed by atoms with E-state index in [4.69, 9.17) is 16.3 Å². The number of hydrogen-bond donors (Lipinski definition) is 0. The van der Waals surface area contributed by atoms with Gasteiger partial charge in [-0.05, 0) is 31.0 Å². The van der Waals surface area contributed by atoms with E-state index in [1.165, 1.54) is 11.8 Å². The third-order valence-corrected chi connectivity index (χ3v) is 4.53. The van der Waals surface area contributed by atoms with E-state index >= 15 is 0 Å². The minimum absolute atomic E-state index is 0.00648. The first-order valence-electron chi connectivity index (χ1n) is 7.65. The Hall–Kier alpha value is -1.91. The van der Waals surface area contributed by atoms with Gasteiger partial charge in [0, 0.05) is 12.4 Å². The Morgan fingerprint density at radius 3 is 2.87 bits per heavy atom. The van der Waals surface area contributed by atoms with Crippen molar-refractivity contribution in [3.63, 3.8) is 0 Å². The first-order valence-corrected chi connectivity index (χ1v) is 8.03. The SMILES string of the molecule is Cc1ccccc1[C@H]1CN(C(=O)c2ccncc2Cl)[C@@H](C)CO1. The van der Waals surface area contributed by atoms with E-state index in [0.29, 0.717) is 23.7 Å². The number of halogens is 1. The van der Waals surface area contributed by atoms with Gasteiger partial charge in [-0.1, -0.05) is 35.9 Å². The summed E-state index contributed by atoms with van der Waals surface area (Å²) in [6.07, 6.45) is 2.97. The van der Waals surface area contributed by atoms with Gasteiger partial charge in [0.15, 0.2) is 0 Å². The molecule has 1 aliphatic rings. The quantitative estimate of drug-likeness (QED) is 0.844. The highest BCUT2D eigenvalue weighted by atomic mass is 35.5. The van der Waals surface area contributed by atoms with Gasteiger partial charge in [0.05, 0.1) is 29.8 Å². The molecule has 0 aliphatic carbocycles. The fourth-order valence-electron chi connectivity index (χ4n) is 2.88. The highest BCUT2D eigenvalue weighted by molar-refractivity contribution is 6.33. The Balaban J connectivity index is 1.86. The second kappa shape index (κ2) is 6.69. The number of benzene rings is 1. The lowest BCUT2D eigenvalue weighted by molar-refractivity contribution is -0.0489. The zero-order chi connectivity index (χ0) is 16.4. The summed E-state index contributed by atoms with van der Waals surface area (Å²) in [5, 5.41) is 0.378. The number of nitrogens with zero attached hydrogens (tertiary/aromatic N) is 2. The number of amides is 1. The molecule has 1 amide bonds. The third-order valence-electron chi connectivity index (χ3n) is 4.23. The van der Waals surface area contributed by atoms with Gasteiger partial charge in [-0.3, -0.25) is 9.78 Å². The Kier molecular flexibility index (Phi) is 4.64. The lowest BCUT2D eigenvalue weighted by Crippen LogP contribution is -2.48. The molecule has 2 atom stereocenters. The topological polar surface area (TPSA) is 42.4 Å². The Labute approximate surface area is 141 Å². The zero-order valence-corrected chi connectivity index (χ0v) is 14.0. The average Bonchev–Trinajstić information content (AvgIpc) is 2.56. The Morgan fingerprint density at radius 1 is 1.35 bits per heavy atom. The molecular formula is C18H19ClN2O2. The lowest BCUT2D eigenvalue weighted by atomic mass is 10.0. The summed E-state index contributed by atoms with van der Waals surface area (Å²) in [7, 11) is 0. The molecule has 0 N–H and O–H groups in total. The van der Waals surface area contributed by atoms with Crippen molar-refractivity contribution in [2.24, 2.45) is 0 Å². The number of aromatic nitrogens is 1. The van der Waals surface area contributed by atoms with Gasteiger partial charge in [0.1, 0.15) is 6.10 Å². The molecule has 1 aromatic carbocycles. The number of aryl methyl sites for hydroxylation is 1. The summed E-state index contributed by atoms with van der Waals surface area (Å²) >= 11 is 6.12. The first-order chi connectivity index (χ1) is 11.1. The van der Waals surface area contributed by atoms with Crippen molar-refractivity contribution in [2.45, 2.75) is 26.0 Å². The van der Waals surface area contributed by atoms with Crippen LogP contribution in [0.2, 0.25) is 5.02 Å². The molecule has 0 saturated carbocycles. The highest BCUT2D eigenvalue weighted by Crippen LogP contribution is 2.29. The summed E-state index contributed by atoms with van der Waals surface area (Å²) in [4.78, 5) is 18.6. The summed E-state index contributed by atoms with van der Waals surface area (Å²) in [5.74, 6) is -0.0771. The van der Waals surface area contributed by atoms with Gasteiger partial charge < -0.3 is 9.64 Å². The molecule has 0 unspecified atom stereocenters. The fourth-order valence-corrected chi connectivity index (χ4v) is 3.08. The van der Waals surface area contributed by atoms with Gasteiger partial charge in [-0.25, -0.2) is 0 Å². The predicted octanol–water partition coefficient (Wildman–Crippen LogP) is 3.65. The van der Waals surface area contributed by atoms with Crippen LogP contribution in [0.5, 0.6) is 0 Å². The van der Waals surface area contributed by atoms with Crippen LogP contribution < -0.4 is 0 Å². The maximum atomic E-state index is 12.9. The van der Waals surface area contributed by atoms with Crippen LogP contribution in [0, 0.1) is 6.92 Å². The molecular weight excluding hydrogens is 312 g/mol. The molecule has 23 heavy (non-hydrogen) atoms. The monoisotopic (exact) mass is 330 g/mol. The van der Waals surface area contributed by atoms with Gasteiger partial charge in [0.2, 0.25) is 0 Å². The molecule has 1 fully saturated rings. The molecule has 0 radical (unpaired) electrons. The van der Waals surface area contributed by atoms with Crippen molar-refractivity contribution in [1.82, 2.24) is 9.88 Å². The minimum atomic E-state index is -0.114. The van der Waals surface area contributed by atoms with Crippen LogP contribution in [-0.4, -0.2) is 35.0 Å². The standard InChI is InChI=1S/C18H19ClN2O2/c1-12-5-3-4-6-14(12)17-10-21(13(2)11-23-17)18(22)15-7-8-20-9-16(15)19/h3-9,13,17H,10-11H2,1-2H3/t13-,17+/m0/s1. The van der Waals surface area contributed by atoms with Gasteiger partial charge in [-0.15, -0.1) is 0 Å². The van der Waals surface area contributed by atoms with Crippen LogP contribution in [-0.2, 0) is 4.74 Å². The van der Waals surface area contributed by atoms with E-state index in [-0.39, 0.29) is 18.1 Å². The van der Waals surface area contributed by atoms with Crippen LogP contribution >= 0.6 is 11.6 Å². The number of hydrogen-bond acceptors (Lipinski definition) is 3. The van der Waals surface area contributed by atoms with E-state index in [9.17, 15) is 4.79 Å². The Bertz CT molecular complexity index is 720. The summed E-state index contributed by atoms with van der Waals surface area (Å²) in [6, 6.07) is 9.78. The fraction of sp³-hybridized carbons (Fsp3) is 0.333. The molecule has 120 valence electrons. The molecule has 0 bridgehead atoms. The molecule has 2 heterocycles. The second-order valence-corrected chi connectivity index (χ2v) is 6.25. The van der Waals surface area contributed by atoms with Crippen LogP contribution in [0.15, 0.2) is 42.7 Å². The van der Waals surface area contributed by atoms with E-state index in [0.717, 1.165) is 5.56 Å². The van der Waals surface area contributed by atoms with Crippen LogP contribution in [0.4, 0.5) is 0 Å². The van der Waals surface area contributed by atoms with Crippen LogP contribution in [0.25, 0.3) is 0 Å².